The van der Waals surface area contributed by atoms with Crippen LogP contribution in [-0.4, -0.2) is 25.4 Å². The quantitative estimate of drug-likeness (QED) is 0.686. The fourth-order valence-corrected chi connectivity index (χ4v) is 2.23. The lowest BCUT2D eigenvalue weighted by Gasteiger charge is -2.13. The predicted octanol–water partition coefficient (Wildman–Crippen LogP) is 2.14. The highest BCUT2D eigenvalue weighted by Gasteiger charge is 2.10. The molecular formula is C16H25N3O2. The van der Waals surface area contributed by atoms with E-state index >= 15 is 0 Å². The summed E-state index contributed by atoms with van der Waals surface area (Å²) in [6.07, 6.45) is 3.31. The van der Waals surface area contributed by atoms with Crippen molar-refractivity contribution in [1.82, 2.24) is 5.32 Å². The number of amides is 2. The Morgan fingerprint density at radius 1 is 1.29 bits per heavy atom. The minimum absolute atomic E-state index is 0.0282. The van der Waals surface area contributed by atoms with Crippen LogP contribution < -0.4 is 16.4 Å². The molecule has 1 atom stereocenters. The molecule has 0 spiro atoms. The van der Waals surface area contributed by atoms with Crippen LogP contribution in [0.4, 0.5) is 5.69 Å². The molecule has 0 aliphatic carbocycles. The lowest BCUT2D eigenvalue weighted by atomic mass is 9.96. The van der Waals surface area contributed by atoms with Gasteiger partial charge in [-0.25, -0.2) is 0 Å². The zero-order chi connectivity index (χ0) is 15.7. The van der Waals surface area contributed by atoms with E-state index in [2.05, 4.69) is 17.6 Å². The molecule has 116 valence electrons. The monoisotopic (exact) mass is 291 g/mol. The van der Waals surface area contributed by atoms with E-state index in [9.17, 15) is 9.59 Å². The molecule has 21 heavy (non-hydrogen) atoms. The van der Waals surface area contributed by atoms with Crippen LogP contribution in [0.3, 0.4) is 0 Å². The van der Waals surface area contributed by atoms with Crippen LogP contribution in [0.15, 0.2) is 24.3 Å². The number of hydrogen-bond acceptors (Lipinski definition) is 3. The van der Waals surface area contributed by atoms with E-state index in [1.54, 1.807) is 31.3 Å². The summed E-state index contributed by atoms with van der Waals surface area (Å²) in [5.74, 6) is 0.303. The largest absolute Gasteiger partial charge is 0.355 e. The van der Waals surface area contributed by atoms with Crippen LogP contribution in [0.2, 0.25) is 0 Å². The Labute approximate surface area is 126 Å². The fraction of sp³-hybridized carbons (Fsp3) is 0.500. The average molecular weight is 291 g/mol. The summed E-state index contributed by atoms with van der Waals surface area (Å²) < 4.78 is 0. The highest BCUT2D eigenvalue weighted by molar-refractivity contribution is 5.97. The van der Waals surface area contributed by atoms with Crippen molar-refractivity contribution in [1.29, 1.82) is 0 Å². The predicted molar refractivity (Wildman–Crippen MR) is 85.1 cm³/mol. The van der Waals surface area contributed by atoms with E-state index in [4.69, 9.17) is 5.73 Å². The zero-order valence-electron chi connectivity index (χ0n) is 12.8. The van der Waals surface area contributed by atoms with Gasteiger partial charge in [-0.2, -0.15) is 0 Å². The van der Waals surface area contributed by atoms with Gasteiger partial charge in [-0.15, -0.1) is 0 Å². The first-order chi connectivity index (χ1) is 10.1. The summed E-state index contributed by atoms with van der Waals surface area (Å²) in [6.45, 7) is 2.78. The maximum absolute atomic E-state index is 11.9. The number of carbonyl (C=O) groups is 2. The van der Waals surface area contributed by atoms with Crippen LogP contribution >= 0.6 is 0 Å². The van der Waals surface area contributed by atoms with Crippen LogP contribution in [-0.2, 0) is 4.79 Å². The number of rotatable bonds is 8. The van der Waals surface area contributed by atoms with Crippen molar-refractivity contribution in [3.05, 3.63) is 29.8 Å². The molecule has 2 amide bonds. The smallest absolute Gasteiger partial charge is 0.251 e. The normalized spacial score (nSPS) is 11.8. The molecule has 0 aliphatic heterocycles. The van der Waals surface area contributed by atoms with Gasteiger partial charge in [0.15, 0.2) is 0 Å². The molecule has 5 nitrogen and oxygen atoms in total. The molecule has 0 bridgehead atoms. The summed E-state index contributed by atoms with van der Waals surface area (Å²) in [5, 5.41) is 5.39. The molecule has 0 fully saturated rings. The molecule has 5 heteroatoms. The van der Waals surface area contributed by atoms with Gasteiger partial charge in [0.2, 0.25) is 5.91 Å². The molecule has 1 aromatic carbocycles. The topological polar surface area (TPSA) is 84.2 Å². The summed E-state index contributed by atoms with van der Waals surface area (Å²) in [5.41, 5.74) is 6.73. The van der Waals surface area contributed by atoms with E-state index in [0.717, 1.165) is 19.3 Å². The molecule has 0 aliphatic rings. The highest BCUT2D eigenvalue weighted by atomic mass is 16.2. The average Bonchev–Trinajstić information content (AvgIpc) is 2.50. The van der Waals surface area contributed by atoms with Crippen molar-refractivity contribution in [3.63, 3.8) is 0 Å². The number of nitrogens with two attached hydrogens (primary N) is 1. The van der Waals surface area contributed by atoms with Crippen molar-refractivity contribution in [2.24, 2.45) is 11.7 Å². The van der Waals surface area contributed by atoms with E-state index in [0.29, 0.717) is 30.1 Å². The number of carbonyl (C=O) groups excluding carboxylic acids is 2. The third-order valence-corrected chi connectivity index (χ3v) is 3.57. The minimum atomic E-state index is -0.167. The Hall–Kier alpha value is -1.88. The van der Waals surface area contributed by atoms with Gasteiger partial charge >= 0.3 is 0 Å². The molecule has 1 rings (SSSR count). The van der Waals surface area contributed by atoms with Gasteiger partial charge in [-0.3, -0.25) is 9.59 Å². The Morgan fingerprint density at radius 3 is 2.67 bits per heavy atom. The van der Waals surface area contributed by atoms with E-state index in [-0.39, 0.29) is 11.8 Å². The summed E-state index contributed by atoms with van der Waals surface area (Å²) >= 11 is 0. The van der Waals surface area contributed by atoms with Crippen LogP contribution in [0, 0.1) is 5.92 Å². The summed E-state index contributed by atoms with van der Waals surface area (Å²) in [4.78, 5) is 23.5. The van der Waals surface area contributed by atoms with Crippen LogP contribution in [0.25, 0.3) is 0 Å². The number of nitrogens with one attached hydrogen (secondary N) is 2. The van der Waals surface area contributed by atoms with Gasteiger partial charge in [-0.1, -0.05) is 19.4 Å². The van der Waals surface area contributed by atoms with Crippen molar-refractivity contribution in [2.75, 3.05) is 18.9 Å². The minimum Gasteiger partial charge on any atom is -0.355 e. The Bertz CT molecular complexity index is 474. The van der Waals surface area contributed by atoms with Gasteiger partial charge in [0.05, 0.1) is 0 Å². The summed E-state index contributed by atoms with van der Waals surface area (Å²) in [6, 6.07) is 6.92. The highest BCUT2D eigenvalue weighted by Crippen LogP contribution is 2.16. The first-order valence-corrected chi connectivity index (χ1v) is 7.42. The molecule has 4 N–H and O–H groups in total. The van der Waals surface area contributed by atoms with Crippen LogP contribution in [0.5, 0.6) is 0 Å². The molecule has 0 saturated heterocycles. The second kappa shape index (κ2) is 9.13. The molecular weight excluding hydrogens is 266 g/mol. The summed E-state index contributed by atoms with van der Waals surface area (Å²) in [7, 11) is 1.58. The van der Waals surface area contributed by atoms with Gasteiger partial charge in [-0.05, 0) is 43.5 Å². The molecule has 0 radical (unpaired) electrons. The Balaban J connectivity index is 2.53. The Kier molecular flexibility index (Phi) is 7.46. The first kappa shape index (κ1) is 17.2. The standard InChI is InChI=1S/C16H25N3O2/c1-3-12(9-10-17)7-8-15(20)19-14-6-4-5-13(11-14)16(21)18-2/h4-6,11-12H,3,7-10,17H2,1-2H3,(H,18,21)(H,19,20). The molecule has 1 aromatic rings. The van der Waals surface area contributed by atoms with Crippen molar-refractivity contribution >= 4 is 17.5 Å². The molecule has 0 heterocycles. The van der Waals surface area contributed by atoms with Gasteiger partial charge in [0, 0.05) is 24.7 Å². The lowest BCUT2D eigenvalue weighted by Crippen LogP contribution is -2.18. The van der Waals surface area contributed by atoms with Gasteiger partial charge < -0.3 is 16.4 Å². The lowest BCUT2D eigenvalue weighted by molar-refractivity contribution is -0.116. The third kappa shape index (κ3) is 5.95. The zero-order valence-corrected chi connectivity index (χ0v) is 12.8. The van der Waals surface area contributed by atoms with E-state index in [1.807, 2.05) is 0 Å². The first-order valence-electron chi connectivity index (χ1n) is 7.42. The van der Waals surface area contributed by atoms with Crippen LogP contribution in [0.1, 0.15) is 43.0 Å². The molecule has 0 aromatic heterocycles. The molecule has 0 saturated carbocycles. The SMILES string of the molecule is CCC(CCN)CCC(=O)Nc1cccc(C(=O)NC)c1. The van der Waals surface area contributed by atoms with Gasteiger partial charge in [0.25, 0.3) is 5.91 Å². The number of benzene rings is 1. The van der Waals surface area contributed by atoms with E-state index in [1.165, 1.54) is 0 Å². The second-order valence-electron chi connectivity index (χ2n) is 5.10. The van der Waals surface area contributed by atoms with Crippen molar-refractivity contribution < 1.29 is 9.59 Å². The molecule has 1 unspecified atom stereocenters. The van der Waals surface area contributed by atoms with Crippen molar-refractivity contribution in [2.45, 2.75) is 32.6 Å². The van der Waals surface area contributed by atoms with Gasteiger partial charge in [0.1, 0.15) is 0 Å². The van der Waals surface area contributed by atoms with E-state index < -0.39 is 0 Å². The number of hydrogen-bond donors (Lipinski definition) is 3. The maximum Gasteiger partial charge on any atom is 0.251 e. The van der Waals surface area contributed by atoms with Crippen molar-refractivity contribution in [3.8, 4) is 0 Å². The Morgan fingerprint density at radius 2 is 2.05 bits per heavy atom. The fourth-order valence-electron chi connectivity index (χ4n) is 2.23. The second-order valence-corrected chi connectivity index (χ2v) is 5.10. The maximum atomic E-state index is 11.9. The third-order valence-electron chi connectivity index (χ3n) is 3.57. The number of anilines is 1.